The van der Waals surface area contributed by atoms with E-state index in [4.69, 9.17) is 14.2 Å². The van der Waals surface area contributed by atoms with Gasteiger partial charge in [-0.25, -0.2) is 0 Å². The molecule has 2 aromatic rings. The quantitative estimate of drug-likeness (QED) is 0.367. The number of rotatable bonds is 10. The first kappa shape index (κ1) is 21.7. The average molecular weight is 402 g/mol. The predicted octanol–water partition coefficient (Wildman–Crippen LogP) is 3.53. The molecule has 0 radical (unpaired) electrons. The number of carbonyl (C=O) groups is 2. The van der Waals surface area contributed by atoms with Crippen LogP contribution in [0, 0.1) is 17.0 Å². The third kappa shape index (κ3) is 5.68. The Morgan fingerprint density at radius 3 is 2.59 bits per heavy atom. The van der Waals surface area contributed by atoms with E-state index in [0.717, 1.165) is 6.42 Å². The number of hydrogen-bond acceptors (Lipinski definition) is 7. The Bertz CT molecular complexity index is 912. The summed E-state index contributed by atoms with van der Waals surface area (Å²) < 4.78 is 16.0. The third-order valence-corrected chi connectivity index (χ3v) is 3.94. The number of nitro groups is 1. The Balaban J connectivity index is 2.10. The van der Waals surface area contributed by atoms with Crippen LogP contribution in [0.1, 0.15) is 29.3 Å². The molecule has 0 aliphatic carbocycles. The van der Waals surface area contributed by atoms with Crippen LogP contribution in [-0.4, -0.2) is 37.4 Å². The molecule has 1 amide bonds. The Labute approximate surface area is 167 Å². The highest BCUT2D eigenvalue weighted by atomic mass is 16.6. The molecular formula is C20H22N2O7. The van der Waals surface area contributed by atoms with E-state index in [1.807, 2.05) is 6.92 Å². The second-order valence-electron chi connectivity index (χ2n) is 6.10. The summed E-state index contributed by atoms with van der Waals surface area (Å²) in [6, 6.07) is 7.44. The minimum absolute atomic E-state index is 0.0285. The Hall–Kier alpha value is -3.62. The number of hydrogen-bond donors (Lipinski definition) is 1. The van der Waals surface area contributed by atoms with Crippen molar-refractivity contribution in [3.8, 4) is 17.2 Å². The van der Waals surface area contributed by atoms with Crippen LogP contribution in [0.3, 0.4) is 0 Å². The lowest BCUT2D eigenvalue weighted by molar-refractivity contribution is -0.385. The SMILES string of the molecule is CCCOc1ccc(C=O)c(OCC(=O)Nc2cc(OC)c([N+](=O)[O-])cc2C)c1. The van der Waals surface area contributed by atoms with Crippen molar-refractivity contribution >= 4 is 23.6 Å². The number of aldehydes is 1. The number of ether oxygens (including phenoxy) is 3. The smallest absolute Gasteiger partial charge is 0.311 e. The molecule has 0 aromatic heterocycles. The first-order chi connectivity index (χ1) is 13.9. The molecule has 0 heterocycles. The molecule has 0 unspecified atom stereocenters. The molecule has 1 N–H and O–H groups in total. The van der Waals surface area contributed by atoms with E-state index in [9.17, 15) is 19.7 Å². The van der Waals surface area contributed by atoms with Crippen LogP contribution in [0.15, 0.2) is 30.3 Å². The number of nitrogens with zero attached hydrogens (tertiary/aromatic N) is 1. The fourth-order valence-corrected chi connectivity index (χ4v) is 2.49. The second kappa shape index (κ2) is 10.1. The van der Waals surface area contributed by atoms with Crippen LogP contribution in [0.4, 0.5) is 11.4 Å². The van der Waals surface area contributed by atoms with Crippen molar-refractivity contribution in [1.82, 2.24) is 0 Å². The van der Waals surface area contributed by atoms with Crippen molar-refractivity contribution in [1.29, 1.82) is 0 Å². The molecule has 0 fully saturated rings. The van der Waals surface area contributed by atoms with Crippen molar-refractivity contribution in [3.05, 3.63) is 51.6 Å². The maximum absolute atomic E-state index is 12.3. The highest BCUT2D eigenvalue weighted by Crippen LogP contribution is 2.32. The molecular weight excluding hydrogens is 380 g/mol. The van der Waals surface area contributed by atoms with E-state index in [-0.39, 0.29) is 29.4 Å². The number of methoxy groups -OCH3 is 1. The standard InChI is InChI=1S/C20H22N2O7/c1-4-7-28-15-6-5-14(11-23)18(9-15)29-12-20(24)21-16-10-19(27-3)17(22(25)26)8-13(16)2/h5-6,8-11H,4,7,12H2,1-3H3,(H,21,24). The molecule has 2 aromatic carbocycles. The van der Waals surface area contributed by atoms with E-state index < -0.39 is 10.8 Å². The summed E-state index contributed by atoms with van der Waals surface area (Å²) in [5.74, 6) is 0.284. The van der Waals surface area contributed by atoms with Crippen molar-refractivity contribution in [2.24, 2.45) is 0 Å². The summed E-state index contributed by atoms with van der Waals surface area (Å²) in [5, 5.41) is 13.7. The molecule has 0 bridgehead atoms. The van der Waals surface area contributed by atoms with Gasteiger partial charge in [-0.3, -0.25) is 19.7 Å². The molecule has 2 rings (SSSR count). The fraction of sp³-hybridized carbons (Fsp3) is 0.300. The van der Waals surface area contributed by atoms with Crippen LogP contribution >= 0.6 is 0 Å². The van der Waals surface area contributed by atoms with Gasteiger partial charge in [-0.1, -0.05) is 6.92 Å². The monoisotopic (exact) mass is 402 g/mol. The fourth-order valence-electron chi connectivity index (χ4n) is 2.49. The van der Waals surface area contributed by atoms with E-state index in [0.29, 0.717) is 29.9 Å². The predicted molar refractivity (Wildman–Crippen MR) is 106 cm³/mol. The van der Waals surface area contributed by atoms with Crippen LogP contribution in [0.25, 0.3) is 0 Å². The van der Waals surface area contributed by atoms with Crippen molar-refractivity contribution in [3.63, 3.8) is 0 Å². The summed E-state index contributed by atoms with van der Waals surface area (Å²) in [5.41, 5.74) is 0.944. The summed E-state index contributed by atoms with van der Waals surface area (Å²) in [6.45, 7) is 3.75. The zero-order valence-electron chi connectivity index (χ0n) is 16.4. The van der Waals surface area contributed by atoms with Crippen LogP contribution in [0.2, 0.25) is 0 Å². The minimum atomic E-state index is -0.560. The first-order valence-corrected chi connectivity index (χ1v) is 8.87. The zero-order chi connectivity index (χ0) is 21.4. The van der Waals surface area contributed by atoms with Gasteiger partial charge in [0.1, 0.15) is 11.5 Å². The number of anilines is 1. The molecule has 0 aliphatic rings. The van der Waals surface area contributed by atoms with Gasteiger partial charge in [0.2, 0.25) is 0 Å². The Kier molecular flexibility index (Phi) is 7.53. The number of amides is 1. The van der Waals surface area contributed by atoms with E-state index >= 15 is 0 Å². The van der Waals surface area contributed by atoms with Gasteiger partial charge in [0.25, 0.3) is 5.91 Å². The third-order valence-electron chi connectivity index (χ3n) is 3.94. The molecule has 0 saturated carbocycles. The molecule has 0 atom stereocenters. The number of nitrogens with one attached hydrogen (secondary N) is 1. The van der Waals surface area contributed by atoms with Crippen LogP contribution in [0.5, 0.6) is 17.2 Å². The lowest BCUT2D eigenvalue weighted by Gasteiger charge is -2.13. The summed E-state index contributed by atoms with van der Waals surface area (Å²) >= 11 is 0. The van der Waals surface area contributed by atoms with Gasteiger partial charge in [-0.05, 0) is 31.0 Å². The van der Waals surface area contributed by atoms with E-state index in [1.165, 1.54) is 19.2 Å². The maximum Gasteiger partial charge on any atom is 0.311 e. The highest BCUT2D eigenvalue weighted by Gasteiger charge is 2.18. The zero-order valence-corrected chi connectivity index (χ0v) is 16.4. The molecule has 9 heteroatoms. The average Bonchev–Trinajstić information content (AvgIpc) is 2.71. The second-order valence-corrected chi connectivity index (χ2v) is 6.10. The summed E-state index contributed by atoms with van der Waals surface area (Å²) in [4.78, 5) is 34.0. The number of carbonyl (C=O) groups excluding carboxylic acids is 2. The summed E-state index contributed by atoms with van der Waals surface area (Å²) in [6.07, 6.45) is 1.45. The van der Waals surface area contributed by atoms with Gasteiger partial charge in [-0.15, -0.1) is 0 Å². The topological polar surface area (TPSA) is 117 Å². The Morgan fingerprint density at radius 1 is 1.21 bits per heavy atom. The molecule has 0 aliphatic heterocycles. The van der Waals surface area contributed by atoms with Crippen LogP contribution < -0.4 is 19.5 Å². The molecule has 0 saturated heterocycles. The lowest BCUT2D eigenvalue weighted by Crippen LogP contribution is -2.21. The van der Waals surface area contributed by atoms with Crippen molar-refractivity contribution < 1.29 is 28.7 Å². The molecule has 29 heavy (non-hydrogen) atoms. The van der Waals surface area contributed by atoms with Gasteiger partial charge in [0.05, 0.1) is 24.2 Å². The maximum atomic E-state index is 12.3. The minimum Gasteiger partial charge on any atom is -0.493 e. The van der Waals surface area contributed by atoms with Gasteiger partial charge >= 0.3 is 5.69 Å². The molecule has 9 nitrogen and oxygen atoms in total. The van der Waals surface area contributed by atoms with Gasteiger partial charge in [0.15, 0.2) is 18.6 Å². The van der Waals surface area contributed by atoms with Crippen molar-refractivity contribution in [2.75, 3.05) is 25.6 Å². The van der Waals surface area contributed by atoms with Crippen molar-refractivity contribution in [2.45, 2.75) is 20.3 Å². The first-order valence-electron chi connectivity index (χ1n) is 8.87. The van der Waals surface area contributed by atoms with E-state index in [2.05, 4.69) is 5.32 Å². The summed E-state index contributed by atoms with van der Waals surface area (Å²) in [7, 11) is 1.31. The van der Waals surface area contributed by atoms with E-state index in [1.54, 1.807) is 25.1 Å². The molecule has 0 spiro atoms. The van der Waals surface area contributed by atoms with Gasteiger partial charge in [-0.2, -0.15) is 0 Å². The number of aryl methyl sites for hydroxylation is 1. The van der Waals surface area contributed by atoms with Crippen LogP contribution in [-0.2, 0) is 4.79 Å². The lowest BCUT2D eigenvalue weighted by atomic mass is 10.1. The van der Waals surface area contributed by atoms with Gasteiger partial charge < -0.3 is 19.5 Å². The normalized spacial score (nSPS) is 10.2. The number of benzene rings is 2. The number of nitro benzene ring substituents is 1. The van der Waals surface area contributed by atoms with Gasteiger partial charge in [0, 0.05) is 23.9 Å². The largest absolute Gasteiger partial charge is 0.493 e. The highest BCUT2D eigenvalue weighted by molar-refractivity contribution is 5.93. The Morgan fingerprint density at radius 2 is 1.97 bits per heavy atom. The molecule has 154 valence electrons.